The molecular weight excluding hydrogens is 312 g/mol. The highest BCUT2D eigenvalue weighted by atomic mass is 15.1. The van der Waals surface area contributed by atoms with E-state index in [1.165, 1.54) is 0 Å². The smallest absolute Gasteiger partial charge is 0.233 e. The number of imidazole rings is 1. The molecule has 4 aromatic heterocycles. The summed E-state index contributed by atoms with van der Waals surface area (Å²) in [5.74, 6) is 0.687. The van der Waals surface area contributed by atoms with E-state index in [1.54, 1.807) is 13.2 Å². The number of rotatable bonds is 4. The molecule has 0 saturated carbocycles. The fourth-order valence-corrected chi connectivity index (χ4v) is 3.07. The molecule has 0 bridgehead atoms. The first-order chi connectivity index (χ1) is 12.3. The minimum Gasteiger partial charge on any atom is -0.345 e. The van der Waals surface area contributed by atoms with E-state index in [1.807, 2.05) is 47.7 Å². The van der Waals surface area contributed by atoms with Gasteiger partial charge in [0.25, 0.3) is 0 Å². The van der Waals surface area contributed by atoms with Crippen molar-refractivity contribution in [1.29, 1.82) is 0 Å². The van der Waals surface area contributed by atoms with Crippen molar-refractivity contribution in [3.63, 3.8) is 0 Å². The number of pyridine rings is 1. The van der Waals surface area contributed by atoms with Crippen molar-refractivity contribution >= 4 is 28.6 Å². The molecular formula is C19H18N6. The van der Waals surface area contributed by atoms with E-state index in [4.69, 9.17) is 0 Å². The third-order valence-corrected chi connectivity index (χ3v) is 4.13. The Morgan fingerprint density at radius 2 is 2.20 bits per heavy atom. The first-order valence-corrected chi connectivity index (χ1v) is 8.19. The number of aromatic nitrogens is 5. The standard InChI is InChI=1S/C19H18N6/c1-3-4-13(9-20-2)15-5-6-21-18-17(15)16(11-23-18)14-10-24-19-22-7-8-25(19)12-14/h4-12H,3H2,1-2H3,(H,21,23)/b13-4+,20-9?. The quantitative estimate of drug-likeness (QED) is 0.579. The second-order valence-electron chi connectivity index (χ2n) is 5.72. The number of aromatic amines is 1. The first kappa shape index (κ1) is 15.3. The van der Waals surface area contributed by atoms with Crippen molar-refractivity contribution in [2.75, 3.05) is 7.05 Å². The van der Waals surface area contributed by atoms with E-state index in [-0.39, 0.29) is 0 Å². The zero-order valence-corrected chi connectivity index (χ0v) is 14.1. The van der Waals surface area contributed by atoms with Gasteiger partial charge in [-0.05, 0) is 23.6 Å². The summed E-state index contributed by atoms with van der Waals surface area (Å²) >= 11 is 0. The zero-order valence-electron chi connectivity index (χ0n) is 14.1. The average molecular weight is 330 g/mol. The first-order valence-electron chi connectivity index (χ1n) is 8.19. The lowest BCUT2D eigenvalue weighted by Gasteiger charge is -2.07. The average Bonchev–Trinajstić information content (AvgIpc) is 3.27. The number of fused-ring (bicyclic) bond motifs is 2. The highest BCUT2D eigenvalue weighted by molar-refractivity contribution is 6.16. The maximum Gasteiger partial charge on any atom is 0.233 e. The number of aliphatic imine (C=N–C) groups is 1. The van der Waals surface area contributed by atoms with Crippen LogP contribution in [-0.2, 0) is 0 Å². The summed E-state index contributed by atoms with van der Waals surface area (Å²) in [5.41, 5.74) is 5.13. The Balaban J connectivity index is 1.97. The van der Waals surface area contributed by atoms with Gasteiger partial charge in [-0.1, -0.05) is 13.0 Å². The van der Waals surface area contributed by atoms with Crippen LogP contribution in [0.3, 0.4) is 0 Å². The minimum atomic E-state index is 0.687. The Kier molecular flexibility index (Phi) is 3.85. The van der Waals surface area contributed by atoms with Gasteiger partial charge >= 0.3 is 0 Å². The van der Waals surface area contributed by atoms with E-state index in [0.717, 1.165) is 39.7 Å². The number of H-pyrrole nitrogens is 1. The van der Waals surface area contributed by atoms with Gasteiger partial charge in [-0.15, -0.1) is 0 Å². The predicted molar refractivity (Wildman–Crippen MR) is 101 cm³/mol. The molecule has 0 unspecified atom stereocenters. The molecule has 0 aliphatic carbocycles. The monoisotopic (exact) mass is 330 g/mol. The molecule has 4 aromatic rings. The van der Waals surface area contributed by atoms with Crippen LogP contribution in [0.1, 0.15) is 18.9 Å². The van der Waals surface area contributed by atoms with Crippen molar-refractivity contribution in [2.24, 2.45) is 4.99 Å². The van der Waals surface area contributed by atoms with Gasteiger partial charge in [-0.2, -0.15) is 0 Å². The topological polar surface area (TPSA) is 71.2 Å². The van der Waals surface area contributed by atoms with Crippen LogP contribution in [0.5, 0.6) is 0 Å². The van der Waals surface area contributed by atoms with E-state index in [9.17, 15) is 0 Å². The molecule has 0 radical (unpaired) electrons. The lowest BCUT2D eigenvalue weighted by Crippen LogP contribution is -1.92. The van der Waals surface area contributed by atoms with Gasteiger partial charge in [0.2, 0.25) is 5.78 Å². The van der Waals surface area contributed by atoms with Gasteiger partial charge in [-0.3, -0.25) is 9.39 Å². The Morgan fingerprint density at radius 3 is 3.04 bits per heavy atom. The summed E-state index contributed by atoms with van der Waals surface area (Å²) in [6.07, 6.45) is 16.3. The molecule has 0 atom stereocenters. The van der Waals surface area contributed by atoms with Crippen molar-refractivity contribution in [3.8, 4) is 11.1 Å². The maximum absolute atomic E-state index is 4.48. The molecule has 0 aromatic carbocycles. The molecule has 0 aliphatic heterocycles. The van der Waals surface area contributed by atoms with E-state index in [2.05, 4.69) is 37.9 Å². The lowest BCUT2D eigenvalue weighted by molar-refractivity contribution is 1.11. The van der Waals surface area contributed by atoms with Crippen LogP contribution in [0.4, 0.5) is 0 Å². The number of nitrogens with one attached hydrogen (secondary N) is 1. The van der Waals surface area contributed by atoms with E-state index < -0.39 is 0 Å². The molecule has 0 saturated heterocycles. The van der Waals surface area contributed by atoms with Gasteiger partial charge in [0.15, 0.2) is 0 Å². The van der Waals surface area contributed by atoms with Crippen molar-refractivity contribution in [2.45, 2.75) is 13.3 Å². The molecule has 0 spiro atoms. The minimum absolute atomic E-state index is 0.687. The molecule has 6 heteroatoms. The summed E-state index contributed by atoms with van der Waals surface area (Å²) in [7, 11) is 1.79. The molecule has 6 nitrogen and oxygen atoms in total. The largest absolute Gasteiger partial charge is 0.345 e. The second-order valence-corrected chi connectivity index (χ2v) is 5.72. The predicted octanol–water partition coefficient (Wildman–Crippen LogP) is 3.77. The summed E-state index contributed by atoms with van der Waals surface area (Å²) < 4.78 is 1.92. The van der Waals surface area contributed by atoms with Crippen LogP contribution in [-0.4, -0.2) is 37.6 Å². The number of hydrogen-bond donors (Lipinski definition) is 1. The van der Waals surface area contributed by atoms with Crippen LogP contribution in [0, 0.1) is 0 Å². The summed E-state index contributed by atoms with van der Waals surface area (Å²) in [6, 6.07) is 2.03. The van der Waals surface area contributed by atoms with Gasteiger partial charge in [0.05, 0.1) is 0 Å². The number of allylic oxidation sites excluding steroid dienone is 2. The van der Waals surface area contributed by atoms with Gasteiger partial charge in [-0.25, -0.2) is 15.0 Å². The third kappa shape index (κ3) is 2.61. The van der Waals surface area contributed by atoms with Crippen molar-refractivity contribution in [1.82, 2.24) is 24.3 Å². The highest BCUT2D eigenvalue weighted by Crippen LogP contribution is 2.33. The van der Waals surface area contributed by atoms with E-state index in [0.29, 0.717) is 5.78 Å². The molecule has 25 heavy (non-hydrogen) atoms. The Morgan fingerprint density at radius 1 is 1.28 bits per heavy atom. The normalized spacial score (nSPS) is 12.6. The maximum atomic E-state index is 4.48. The molecule has 4 heterocycles. The fourth-order valence-electron chi connectivity index (χ4n) is 3.07. The van der Waals surface area contributed by atoms with Gasteiger partial charge < -0.3 is 4.98 Å². The van der Waals surface area contributed by atoms with Crippen LogP contribution < -0.4 is 0 Å². The Labute approximate surface area is 145 Å². The highest BCUT2D eigenvalue weighted by Gasteiger charge is 2.14. The van der Waals surface area contributed by atoms with Crippen molar-refractivity contribution < 1.29 is 0 Å². The lowest BCUT2D eigenvalue weighted by atomic mass is 9.99. The SMILES string of the molecule is CC/C=C(\C=NC)c1ccnc2[nH]cc(-c3cnc4nccn4c3)c12. The van der Waals surface area contributed by atoms with Crippen LogP contribution in [0.25, 0.3) is 33.5 Å². The summed E-state index contributed by atoms with van der Waals surface area (Å²) in [6.45, 7) is 2.12. The Hall–Kier alpha value is -3.28. The molecule has 0 fully saturated rings. The summed E-state index contributed by atoms with van der Waals surface area (Å²) in [5, 5.41) is 1.07. The van der Waals surface area contributed by atoms with Crippen molar-refractivity contribution in [3.05, 3.63) is 54.9 Å². The molecule has 124 valence electrons. The van der Waals surface area contributed by atoms with Gasteiger partial charge in [0.1, 0.15) is 5.65 Å². The van der Waals surface area contributed by atoms with Crippen LogP contribution in [0.2, 0.25) is 0 Å². The summed E-state index contributed by atoms with van der Waals surface area (Å²) in [4.78, 5) is 20.6. The Bertz CT molecular complexity index is 1100. The molecule has 0 amide bonds. The number of nitrogens with zero attached hydrogens (tertiary/aromatic N) is 5. The molecule has 0 aliphatic rings. The molecule has 1 N–H and O–H groups in total. The van der Waals surface area contributed by atoms with Gasteiger partial charge in [0, 0.05) is 67.0 Å². The number of hydrogen-bond acceptors (Lipinski definition) is 4. The molecule has 4 rings (SSSR count). The zero-order chi connectivity index (χ0) is 17.2. The van der Waals surface area contributed by atoms with Crippen LogP contribution in [0.15, 0.2) is 54.3 Å². The fraction of sp³-hybridized carbons (Fsp3) is 0.158. The van der Waals surface area contributed by atoms with Crippen LogP contribution >= 0.6 is 0 Å². The second kappa shape index (κ2) is 6.32. The van der Waals surface area contributed by atoms with E-state index >= 15 is 0 Å². The third-order valence-electron chi connectivity index (χ3n) is 4.13.